The average Bonchev–Trinajstić information content (AvgIpc) is 3.32. The molecule has 3 aromatic rings. The molecule has 1 aliphatic carbocycles. The summed E-state index contributed by atoms with van der Waals surface area (Å²) in [6, 6.07) is 8.01. The summed E-state index contributed by atoms with van der Waals surface area (Å²) < 4.78 is 29.1. The molecule has 4 rings (SSSR count). The van der Waals surface area contributed by atoms with Gasteiger partial charge in [-0.15, -0.1) is 5.10 Å². The molecule has 1 saturated carbocycles. The zero-order valence-corrected chi connectivity index (χ0v) is 16.4. The molecule has 152 valence electrons. The molecule has 1 N–H and O–H groups in total. The third-order valence-corrected chi connectivity index (χ3v) is 5.06. The predicted octanol–water partition coefficient (Wildman–Crippen LogP) is 3.94. The monoisotopic (exact) mass is 420 g/mol. The van der Waals surface area contributed by atoms with E-state index in [0.717, 1.165) is 18.4 Å². The van der Waals surface area contributed by atoms with Gasteiger partial charge in [-0.1, -0.05) is 41.4 Å². The fraction of sp³-hybridized carbons (Fsp3) is 0.368. The first kappa shape index (κ1) is 19.5. The van der Waals surface area contributed by atoms with Crippen LogP contribution in [-0.4, -0.2) is 30.5 Å². The average molecular weight is 421 g/mol. The number of halogens is 3. The maximum absolute atomic E-state index is 13.1. The third kappa shape index (κ3) is 4.45. The van der Waals surface area contributed by atoms with Crippen LogP contribution >= 0.6 is 11.6 Å². The number of aromatic nitrogens is 5. The molecule has 0 unspecified atom stereocenters. The van der Waals surface area contributed by atoms with Crippen LogP contribution in [0.25, 0.3) is 0 Å². The van der Waals surface area contributed by atoms with E-state index in [2.05, 4.69) is 20.5 Å². The van der Waals surface area contributed by atoms with Crippen LogP contribution in [0.2, 0.25) is 5.02 Å². The first-order valence-corrected chi connectivity index (χ1v) is 9.57. The minimum absolute atomic E-state index is 0.0456. The van der Waals surface area contributed by atoms with Crippen LogP contribution in [0.4, 0.5) is 14.7 Å². The lowest BCUT2D eigenvalue weighted by Crippen LogP contribution is -2.21. The Morgan fingerprint density at radius 1 is 1.28 bits per heavy atom. The summed E-state index contributed by atoms with van der Waals surface area (Å²) >= 11 is 6.07. The molecule has 7 nitrogen and oxygen atoms in total. The number of benzene rings is 1. The number of alkyl halides is 2. The molecule has 1 aromatic carbocycles. The van der Waals surface area contributed by atoms with E-state index in [1.54, 1.807) is 4.68 Å². The molecular formula is C19H19ClF2N6O. The number of hydrogen-bond donors (Lipinski definition) is 1. The molecule has 0 saturated heterocycles. The normalized spacial score (nSPS) is 13.8. The van der Waals surface area contributed by atoms with Gasteiger partial charge in [-0.25, -0.2) is 18.4 Å². The largest absolute Gasteiger partial charge is 0.292 e. The topological polar surface area (TPSA) is 77.6 Å². The molecule has 0 radical (unpaired) electrons. The minimum atomic E-state index is -2.79. The van der Waals surface area contributed by atoms with Crippen LogP contribution in [0.15, 0.2) is 30.6 Å². The van der Waals surface area contributed by atoms with Gasteiger partial charge < -0.3 is 0 Å². The molecule has 0 aliphatic heterocycles. The summed E-state index contributed by atoms with van der Waals surface area (Å²) in [6.45, 7) is 2.30. The van der Waals surface area contributed by atoms with E-state index in [1.807, 2.05) is 31.2 Å². The number of amides is 1. The minimum Gasteiger partial charge on any atom is -0.292 e. The van der Waals surface area contributed by atoms with Gasteiger partial charge in [0.25, 0.3) is 6.43 Å². The Balaban J connectivity index is 1.42. The second-order valence-electron chi connectivity index (χ2n) is 7.12. The number of nitrogens with zero attached hydrogens (tertiary/aromatic N) is 5. The lowest BCUT2D eigenvalue weighted by Gasteiger charge is -2.06. The molecular weight excluding hydrogens is 402 g/mol. The summed E-state index contributed by atoms with van der Waals surface area (Å²) in [7, 11) is 0. The van der Waals surface area contributed by atoms with Gasteiger partial charge >= 0.3 is 0 Å². The standard InChI is InChI=1S/C19H19ClF2N6O/c1-11-2-4-12(5-3-11)8-27-10-23-19(26-27)24-14(29)9-28-17(13-6-7-13)15(20)16(25-28)18(21)22/h2-5,10,13,18H,6-9H2,1H3,(H,24,26,29). The number of carbonyl (C=O) groups excluding carboxylic acids is 1. The van der Waals surface area contributed by atoms with Crippen LogP contribution in [-0.2, 0) is 17.9 Å². The molecule has 0 spiro atoms. The fourth-order valence-corrected chi connectivity index (χ4v) is 3.46. The van der Waals surface area contributed by atoms with Crippen molar-refractivity contribution in [3.8, 4) is 0 Å². The van der Waals surface area contributed by atoms with Crippen LogP contribution in [0.3, 0.4) is 0 Å². The van der Waals surface area contributed by atoms with E-state index < -0.39 is 18.0 Å². The number of carbonyl (C=O) groups is 1. The Kier molecular flexibility index (Phi) is 5.31. The maximum Gasteiger partial charge on any atom is 0.283 e. The second-order valence-corrected chi connectivity index (χ2v) is 7.49. The van der Waals surface area contributed by atoms with Crippen molar-refractivity contribution in [2.24, 2.45) is 0 Å². The van der Waals surface area contributed by atoms with Gasteiger partial charge in [0.15, 0.2) is 0 Å². The summed E-state index contributed by atoms with van der Waals surface area (Å²) in [5.74, 6) is -0.246. The fourth-order valence-electron chi connectivity index (χ4n) is 3.09. The lowest BCUT2D eigenvalue weighted by atomic mass is 10.1. The van der Waals surface area contributed by atoms with Crippen LogP contribution in [0.5, 0.6) is 0 Å². The second kappa shape index (κ2) is 7.90. The highest BCUT2D eigenvalue weighted by atomic mass is 35.5. The zero-order chi connectivity index (χ0) is 20.5. The van der Waals surface area contributed by atoms with Gasteiger partial charge in [0.2, 0.25) is 11.9 Å². The Bertz CT molecular complexity index is 1030. The van der Waals surface area contributed by atoms with Crippen molar-refractivity contribution in [1.29, 1.82) is 0 Å². The van der Waals surface area contributed by atoms with Gasteiger partial charge in [-0.2, -0.15) is 5.10 Å². The smallest absolute Gasteiger partial charge is 0.283 e. The van der Waals surface area contributed by atoms with Crippen LogP contribution in [0.1, 0.15) is 47.7 Å². The van der Waals surface area contributed by atoms with Gasteiger partial charge in [-0.05, 0) is 25.3 Å². The van der Waals surface area contributed by atoms with Crippen LogP contribution < -0.4 is 5.32 Å². The molecule has 0 atom stereocenters. The van der Waals surface area contributed by atoms with Crippen molar-refractivity contribution < 1.29 is 13.6 Å². The highest BCUT2D eigenvalue weighted by molar-refractivity contribution is 6.32. The van der Waals surface area contributed by atoms with Crippen molar-refractivity contribution in [3.63, 3.8) is 0 Å². The summed E-state index contributed by atoms with van der Waals surface area (Å²) in [4.78, 5) is 16.5. The summed E-state index contributed by atoms with van der Waals surface area (Å²) in [6.07, 6.45) is 0.426. The van der Waals surface area contributed by atoms with Crippen molar-refractivity contribution in [1.82, 2.24) is 24.5 Å². The summed E-state index contributed by atoms with van der Waals surface area (Å²) in [5, 5.41) is 10.6. The molecule has 2 aromatic heterocycles. The van der Waals surface area contributed by atoms with Gasteiger partial charge in [0, 0.05) is 5.92 Å². The van der Waals surface area contributed by atoms with Crippen molar-refractivity contribution in [2.45, 2.75) is 45.2 Å². The molecule has 1 aliphatic rings. The molecule has 0 bridgehead atoms. The van der Waals surface area contributed by atoms with Crippen molar-refractivity contribution in [2.75, 3.05) is 5.32 Å². The number of rotatable bonds is 7. The highest BCUT2D eigenvalue weighted by Gasteiger charge is 2.34. The van der Waals surface area contributed by atoms with Gasteiger partial charge in [-0.3, -0.25) is 14.8 Å². The third-order valence-electron chi connectivity index (χ3n) is 4.67. The van der Waals surface area contributed by atoms with E-state index in [1.165, 1.54) is 16.6 Å². The van der Waals surface area contributed by atoms with E-state index in [9.17, 15) is 13.6 Å². The lowest BCUT2D eigenvalue weighted by molar-refractivity contribution is -0.117. The SMILES string of the molecule is Cc1ccc(Cn2cnc(NC(=O)Cn3nc(C(F)F)c(Cl)c3C3CC3)n2)cc1. The number of nitrogens with one attached hydrogen (secondary N) is 1. The molecule has 29 heavy (non-hydrogen) atoms. The van der Waals surface area contributed by atoms with Gasteiger partial charge in [0.05, 0.1) is 17.3 Å². The highest BCUT2D eigenvalue weighted by Crippen LogP contribution is 2.45. The predicted molar refractivity (Wildman–Crippen MR) is 103 cm³/mol. The number of aryl methyl sites for hydroxylation is 1. The van der Waals surface area contributed by atoms with E-state index in [0.29, 0.717) is 12.2 Å². The summed E-state index contributed by atoms with van der Waals surface area (Å²) in [5.41, 5.74) is 2.23. The number of anilines is 1. The Morgan fingerprint density at radius 3 is 2.66 bits per heavy atom. The molecule has 2 heterocycles. The Hall–Kier alpha value is -2.81. The molecule has 1 amide bonds. The van der Waals surface area contributed by atoms with Crippen molar-refractivity contribution >= 4 is 23.5 Å². The first-order valence-electron chi connectivity index (χ1n) is 9.20. The Morgan fingerprint density at radius 2 is 2.00 bits per heavy atom. The molecule has 10 heteroatoms. The van der Waals surface area contributed by atoms with Crippen LogP contribution in [0, 0.1) is 6.92 Å². The van der Waals surface area contributed by atoms with E-state index in [-0.39, 0.29) is 23.4 Å². The van der Waals surface area contributed by atoms with E-state index in [4.69, 9.17) is 11.6 Å². The van der Waals surface area contributed by atoms with Gasteiger partial charge in [0.1, 0.15) is 18.6 Å². The molecule has 1 fully saturated rings. The number of hydrogen-bond acceptors (Lipinski definition) is 4. The quantitative estimate of drug-likeness (QED) is 0.628. The first-order chi connectivity index (χ1) is 13.9. The zero-order valence-electron chi connectivity index (χ0n) is 15.6. The van der Waals surface area contributed by atoms with E-state index >= 15 is 0 Å². The van der Waals surface area contributed by atoms with Crippen molar-refractivity contribution in [3.05, 3.63) is 58.1 Å². The maximum atomic E-state index is 13.1. The Labute approximate surface area is 170 Å².